The van der Waals surface area contributed by atoms with Gasteiger partial charge in [-0.1, -0.05) is 0 Å². The molecule has 0 unspecified atom stereocenters. The normalized spacial score (nSPS) is 9.31. The van der Waals surface area contributed by atoms with Gasteiger partial charge in [0.05, 0.1) is 29.4 Å². The van der Waals surface area contributed by atoms with Gasteiger partial charge in [0.15, 0.2) is 6.29 Å². The number of rotatable bonds is 3. The second-order valence-electron chi connectivity index (χ2n) is 2.84. The van der Waals surface area contributed by atoms with Crippen LogP contribution in [0.15, 0.2) is 12.1 Å². The second-order valence-corrected chi connectivity index (χ2v) is 2.84. The Balaban J connectivity index is 3.30. The third kappa shape index (κ3) is 2.06. The molecular formula is C11H8FNO3. The van der Waals surface area contributed by atoms with E-state index in [-0.39, 0.29) is 24.0 Å². The number of halogens is 1. The molecule has 0 saturated carbocycles. The largest absolute Gasteiger partial charge is 0.462 e. The van der Waals surface area contributed by atoms with Crippen LogP contribution in [-0.4, -0.2) is 18.9 Å². The Kier molecular flexibility index (Phi) is 3.72. The van der Waals surface area contributed by atoms with Gasteiger partial charge in [0.2, 0.25) is 0 Å². The molecule has 1 aromatic carbocycles. The molecule has 0 amide bonds. The highest BCUT2D eigenvalue weighted by atomic mass is 19.1. The van der Waals surface area contributed by atoms with Crippen molar-refractivity contribution in [2.24, 2.45) is 0 Å². The van der Waals surface area contributed by atoms with Crippen molar-refractivity contribution in [3.63, 3.8) is 0 Å². The van der Waals surface area contributed by atoms with Crippen LogP contribution in [0.3, 0.4) is 0 Å². The Morgan fingerprint density at radius 1 is 1.62 bits per heavy atom. The van der Waals surface area contributed by atoms with Gasteiger partial charge >= 0.3 is 5.97 Å². The molecule has 0 aliphatic carbocycles. The minimum atomic E-state index is -1.02. The number of nitrogens with zero attached hydrogens (tertiary/aromatic N) is 1. The van der Waals surface area contributed by atoms with Crippen molar-refractivity contribution in [1.82, 2.24) is 0 Å². The fourth-order valence-corrected chi connectivity index (χ4v) is 1.17. The Bertz CT molecular complexity index is 477. The van der Waals surface area contributed by atoms with E-state index in [9.17, 15) is 14.0 Å². The van der Waals surface area contributed by atoms with Gasteiger partial charge in [0, 0.05) is 0 Å². The van der Waals surface area contributed by atoms with E-state index >= 15 is 0 Å². The van der Waals surface area contributed by atoms with E-state index in [1.165, 1.54) is 6.07 Å². The first-order chi connectivity index (χ1) is 7.65. The van der Waals surface area contributed by atoms with E-state index in [0.717, 1.165) is 6.07 Å². The number of carbonyl (C=O) groups is 2. The molecule has 0 spiro atoms. The Labute approximate surface area is 91.3 Å². The van der Waals surface area contributed by atoms with Crippen molar-refractivity contribution in [3.05, 3.63) is 34.6 Å². The monoisotopic (exact) mass is 221 g/mol. The first kappa shape index (κ1) is 11.9. The highest BCUT2D eigenvalue weighted by Crippen LogP contribution is 2.16. The molecule has 0 aliphatic rings. The van der Waals surface area contributed by atoms with Crippen LogP contribution in [-0.2, 0) is 4.74 Å². The van der Waals surface area contributed by atoms with Gasteiger partial charge < -0.3 is 4.74 Å². The van der Waals surface area contributed by atoms with Crippen LogP contribution in [0.2, 0.25) is 0 Å². The van der Waals surface area contributed by atoms with Crippen LogP contribution >= 0.6 is 0 Å². The molecule has 82 valence electrons. The Hall–Kier alpha value is -2.22. The van der Waals surface area contributed by atoms with E-state index in [1.807, 2.05) is 0 Å². The fourth-order valence-electron chi connectivity index (χ4n) is 1.17. The van der Waals surface area contributed by atoms with Crippen LogP contribution in [0.4, 0.5) is 4.39 Å². The molecular weight excluding hydrogens is 213 g/mol. The standard InChI is InChI=1S/C11H8FNO3/c1-2-16-11(15)8-4-3-7(5-13)9(6-14)10(8)12/h3-4,6H,2H2,1H3. The van der Waals surface area contributed by atoms with Crippen LogP contribution < -0.4 is 0 Å². The van der Waals surface area contributed by atoms with Crippen LogP contribution in [0.5, 0.6) is 0 Å². The van der Waals surface area contributed by atoms with Gasteiger partial charge in [-0.3, -0.25) is 4.79 Å². The molecule has 0 aliphatic heterocycles. The number of benzene rings is 1. The number of hydrogen-bond donors (Lipinski definition) is 0. The predicted molar refractivity (Wildman–Crippen MR) is 52.5 cm³/mol. The Morgan fingerprint density at radius 2 is 2.31 bits per heavy atom. The predicted octanol–water partition coefficient (Wildman–Crippen LogP) is 1.69. The number of carbonyl (C=O) groups excluding carboxylic acids is 2. The highest BCUT2D eigenvalue weighted by molar-refractivity contribution is 5.93. The van der Waals surface area contributed by atoms with Crippen molar-refractivity contribution >= 4 is 12.3 Å². The van der Waals surface area contributed by atoms with Crippen molar-refractivity contribution in [3.8, 4) is 6.07 Å². The maximum Gasteiger partial charge on any atom is 0.341 e. The minimum absolute atomic E-state index is 0.106. The zero-order valence-electron chi connectivity index (χ0n) is 8.49. The molecule has 4 nitrogen and oxygen atoms in total. The summed E-state index contributed by atoms with van der Waals surface area (Å²) in [7, 11) is 0. The number of esters is 1. The zero-order chi connectivity index (χ0) is 12.1. The summed E-state index contributed by atoms with van der Waals surface area (Å²) in [6.45, 7) is 1.69. The highest BCUT2D eigenvalue weighted by Gasteiger charge is 2.18. The number of hydrogen-bond acceptors (Lipinski definition) is 4. The average Bonchev–Trinajstić information content (AvgIpc) is 2.28. The first-order valence-electron chi connectivity index (χ1n) is 4.50. The fraction of sp³-hybridized carbons (Fsp3) is 0.182. The lowest BCUT2D eigenvalue weighted by atomic mass is 10.0. The van der Waals surface area contributed by atoms with Crippen molar-refractivity contribution in [1.29, 1.82) is 5.26 Å². The van der Waals surface area contributed by atoms with E-state index in [4.69, 9.17) is 5.26 Å². The van der Waals surface area contributed by atoms with E-state index < -0.39 is 17.3 Å². The maximum absolute atomic E-state index is 13.6. The van der Waals surface area contributed by atoms with Crippen molar-refractivity contribution in [2.45, 2.75) is 6.92 Å². The lowest BCUT2D eigenvalue weighted by molar-refractivity contribution is 0.0521. The van der Waals surface area contributed by atoms with Crippen LogP contribution in [0, 0.1) is 17.1 Å². The summed E-state index contributed by atoms with van der Waals surface area (Å²) in [5.41, 5.74) is -0.878. The van der Waals surface area contributed by atoms with Crippen molar-refractivity contribution in [2.75, 3.05) is 6.61 Å². The lowest BCUT2D eigenvalue weighted by Gasteiger charge is -2.05. The molecule has 0 radical (unpaired) electrons. The minimum Gasteiger partial charge on any atom is -0.462 e. The van der Waals surface area contributed by atoms with E-state index in [1.54, 1.807) is 13.0 Å². The zero-order valence-corrected chi connectivity index (χ0v) is 8.49. The SMILES string of the molecule is CCOC(=O)c1ccc(C#N)c(C=O)c1F. The van der Waals surface area contributed by atoms with Crippen molar-refractivity contribution < 1.29 is 18.7 Å². The summed E-state index contributed by atoms with van der Waals surface area (Å²) in [5, 5.41) is 8.62. The summed E-state index contributed by atoms with van der Waals surface area (Å²) >= 11 is 0. The summed E-state index contributed by atoms with van der Waals surface area (Å²) in [4.78, 5) is 21.9. The molecule has 0 bridgehead atoms. The van der Waals surface area contributed by atoms with E-state index in [0.29, 0.717) is 0 Å². The molecule has 0 fully saturated rings. The van der Waals surface area contributed by atoms with Gasteiger partial charge in [-0.25, -0.2) is 9.18 Å². The summed E-state index contributed by atoms with van der Waals surface area (Å²) in [6.07, 6.45) is 0.205. The van der Waals surface area contributed by atoms with Gasteiger partial charge in [0.1, 0.15) is 5.82 Å². The van der Waals surface area contributed by atoms with Gasteiger partial charge in [0.25, 0.3) is 0 Å². The van der Waals surface area contributed by atoms with Crippen LogP contribution in [0.1, 0.15) is 33.2 Å². The summed E-state index contributed by atoms with van der Waals surface area (Å²) < 4.78 is 18.2. The molecule has 0 heterocycles. The topological polar surface area (TPSA) is 67.2 Å². The lowest BCUT2D eigenvalue weighted by Crippen LogP contribution is -2.09. The average molecular weight is 221 g/mol. The number of ether oxygens (including phenoxy) is 1. The second kappa shape index (κ2) is 5.03. The van der Waals surface area contributed by atoms with Gasteiger partial charge in [-0.2, -0.15) is 5.26 Å². The molecule has 0 atom stereocenters. The molecule has 1 rings (SSSR count). The molecule has 1 aromatic rings. The first-order valence-corrected chi connectivity index (χ1v) is 4.50. The molecule has 16 heavy (non-hydrogen) atoms. The summed E-state index contributed by atoms with van der Waals surface area (Å²) in [6, 6.07) is 3.99. The van der Waals surface area contributed by atoms with Gasteiger partial charge in [-0.15, -0.1) is 0 Å². The third-order valence-electron chi connectivity index (χ3n) is 1.91. The smallest absolute Gasteiger partial charge is 0.341 e. The Morgan fingerprint density at radius 3 is 2.81 bits per heavy atom. The van der Waals surface area contributed by atoms with E-state index in [2.05, 4.69) is 4.74 Å². The molecule has 5 heteroatoms. The molecule has 0 saturated heterocycles. The van der Waals surface area contributed by atoms with Crippen LogP contribution in [0.25, 0.3) is 0 Å². The quantitative estimate of drug-likeness (QED) is 0.575. The summed E-state index contributed by atoms with van der Waals surface area (Å²) in [5.74, 6) is -1.87. The third-order valence-corrected chi connectivity index (χ3v) is 1.91. The van der Waals surface area contributed by atoms with Gasteiger partial charge in [-0.05, 0) is 19.1 Å². The number of nitriles is 1. The molecule has 0 aromatic heterocycles. The molecule has 0 N–H and O–H groups in total. The number of aldehydes is 1. The maximum atomic E-state index is 13.6.